The average Bonchev–Trinajstić information content (AvgIpc) is 2.89. The summed E-state index contributed by atoms with van der Waals surface area (Å²) in [7, 11) is 0. The molecule has 0 spiro atoms. The molecule has 3 aromatic rings. The third kappa shape index (κ3) is 3.35. The fourth-order valence-corrected chi connectivity index (χ4v) is 2.45. The van der Waals surface area contributed by atoms with Crippen LogP contribution >= 0.6 is 11.6 Å². The molecule has 0 aliphatic carbocycles. The third-order valence-electron chi connectivity index (χ3n) is 3.45. The van der Waals surface area contributed by atoms with Crippen molar-refractivity contribution >= 4 is 11.6 Å². The van der Waals surface area contributed by atoms with Gasteiger partial charge in [-0.2, -0.15) is 18.3 Å². The van der Waals surface area contributed by atoms with Crippen molar-refractivity contribution < 1.29 is 13.2 Å². The molecule has 0 unspecified atom stereocenters. The van der Waals surface area contributed by atoms with Gasteiger partial charge in [-0.3, -0.25) is 0 Å². The first-order valence-corrected chi connectivity index (χ1v) is 7.31. The maximum Gasteiger partial charge on any atom is 0.416 e. The zero-order valence-corrected chi connectivity index (χ0v) is 12.9. The molecule has 0 aliphatic rings. The van der Waals surface area contributed by atoms with Crippen molar-refractivity contribution in [3.63, 3.8) is 0 Å². The topological polar surface area (TPSA) is 50.7 Å². The molecule has 3 rings (SSSR count). The van der Waals surface area contributed by atoms with E-state index in [2.05, 4.69) is 10.2 Å². The summed E-state index contributed by atoms with van der Waals surface area (Å²) in [6, 6.07) is 11.5. The lowest BCUT2D eigenvalue weighted by Crippen LogP contribution is -2.18. The molecule has 0 saturated heterocycles. The van der Waals surface area contributed by atoms with Gasteiger partial charge in [-0.15, -0.1) is 0 Å². The van der Waals surface area contributed by atoms with Crippen molar-refractivity contribution in [1.29, 1.82) is 0 Å². The molecule has 2 aromatic carbocycles. The fraction of sp³-hybridized carbons (Fsp3) is 0.125. The maximum atomic E-state index is 12.9. The van der Waals surface area contributed by atoms with Gasteiger partial charge >= 0.3 is 11.9 Å². The molecule has 0 radical (unpaired) electrons. The van der Waals surface area contributed by atoms with Crippen molar-refractivity contribution in [2.75, 3.05) is 0 Å². The summed E-state index contributed by atoms with van der Waals surface area (Å²) in [6.07, 6.45) is -4.22. The Morgan fingerprint density at radius 2 is 1.83 bits per heavy atom. The molecule has 0 amide bonds. The van der Waals surface area contributed by atoms with Gasteiger partial charge in [0.2, 0.25) is 0 Å². The van der Waals surface area contributed by atoms with Crippen LogP contribution in [-0.4, -0.2) is 14.8 Å². The minimum absolute atomic E-state index is 0.104. The molecule has 1 N–H and O–H groups in total. The third-order valence-corrected chi connectivity index (χ3v) is 3.70. The molecule has 124 valence electrons. The number of nitrogens with one attached hydrogen (secondary N) is 1. The van der Waals surface area contributed by atoms with E-state index in [4.69, 9.17) is 11.6 Å². The van der Waals surface area contributed by atoms with E-state index >= 15 is 0 Å². The number of alkyl halides is 3. The summed E-state index contributed by atoms with van der Waals surface area (Å²) in [6.45, 7) is 0. The first-order chi connectivity index (χ1) is 11.3. The Morgan fingerprint density at radius 1 is 1.12 bits per heavy atom. The highest BCUT2D eigenvalue weighted by Crippen LogP contribution is 2.30. The van der Waals surface area contributed by atoms with Gasteiger partial charge in [-0.25, -0.2) is 14.5 Å². The van der Waals surface area contributed by atoms with Crippen LogP contribution in [0.25, 0.3) is 5.69 Å². The van der Waals surface area contributed by atoms with Crippen molar-refractivity contribution in [3.05, 3.63) is 81.0 Å². The molecule has 24 heavy (non-hydrogen) atoms. The number of hydrogen-bond acceptors (Lipinski definition) is 2. The second kappa shape index (κ2) is 6.16. The number of nitrogens with zero attached hydrogens (tertiary/aromatic N) is 2. The van der Waals surface area contributed by atoms with E-state index in [0.717, 1.165) is 22.3 Å². The van der Waals surface area contributed by atoms with Crippen molar-refractivity contribution in [2.24, 2.45) is 0 Å². The highest BCUT2D eigenvalue weighted by atomic mass is 35.5. The summed E-state index contributed by atoms with van der Waals surface area (Å²) < 4.78 is 39.7. The van der Waals surface area contributed by atoms with E-state index in [1.54, 1.807) is 24.3 Å². The van der Waals surface area contributed by atoms with Crippen LogP contribution in [-0.2, 0) is 12.6 Å². The van der Waals surface area contributed by atoms with Crippen LogP contribution < -0.4 is 5.69 Å². The normalized spacial score (nSPS) is 11.7. The van der Waals surface area contributed by atoms with Gasteiger partial charge < -0.3 is 0 Å². The quantitative estimate of drug-likeness (QED) is 0.778. The monoisotopic (exact) mass is 353 g/mol. The predicted octanol–water partition coefficient (Wildman–Crippen LogP) is 3.82. The average molecular weight is 354 g/mol. The van der Waals surface area contributed by atoms with Gasteiger partial charge in [0.25, 0.3) is 0 Å². The van der Waals surface area contributed by atoms with Crippen LogP contribution in [0.2, 0.25) is 5.02 Å². The van der Waals surface area contributed by atoms with E-state index in [1.165, 1.54) is 12.1 Å². The fourth-order valence-electron chi connectivity index (χ4n) is 2.32. The zero-order valence-electron chi connectivity index (χ0n) is 12.1. The number of aromatic amines is 1. The van der Waals surface area contributed by atoms with E-state index in [9.17, 15) is 18.0 Å². The number of benzene rings is 2. The molecule has 0 saturated carbocycles. The van der Waals surface area contributed by atoms with E-state index < -0.39 is 17.4 Å². The molecule has 8 heteroatoms. The van der Waals surface area contributed by atoms with Crippen LogP contribution in [0, 0.1) is 0 Å². The number of hydrogen-bond donors (Lipinski definition) is 1. The first kappa shape index (κ1) is 16.3. The summed E-state index contributed by atoms with van der Waals surface area (Å²) in [5, 5.41) is 6.75. The number of halogens is 4. The smallest absolute Gasteiger partial charge is 0.247 e. The summed E-state index contributed by atoms with van der Waals surface area (Å²) >= 11 is 5.82. The van der Waals surface area contributed by atoms with Gasteiger partial charge in [0, 0.05) is 11.4 Å². The highest BCUT2D eigenvalue weighted by Gasteiger charge is 2.30. The Morgan fingerprint density at radius 3 is 2.50 bits per heavy atom. The molecule has 0 bridgehead atoms. The van der Waals surface area contributed by atoms with E-state index in [0.29, 0.717) is 10.8 Å². The Kier molecular flexibility index (Phi) is 4.19. The molecule has 1 heterocycles. The lowest BCUT2D eigenvalue weighted by atomic mass is 10.1. The standard InChI is InChI=1S/C16H11ClF3N3O/c17-12-6-4-10(5-7-12)8-14-21-22-15(24)23(14)13-3-1-2-11(9-13)16(18,19)20/h1-7,9H,8H2,(H,22,24). The van der Waals surface area contributed by atoms with Crippen LogP contribution in [0.15, 0.2) is 53.3 Å². The predicted molar refractivity (Wildman–Crippen MR) is 83.4 cm³/mol. The summed E-state index contributed by atoms with van der Waals surface area (Å²) in [5.74, 6) is 0.307. The highest BCUT2D eigenvalue weighted by molar-refractivity contribution is 6.30. The van der Waals surface area contributed by atoms with Gasteiger partial charge in [-0.05, 0) is 35.9 Å². The minimum Gasteiger partial charge on any atom is -0.247 e. The summed E-state index contributed by atoms with van der Waals surface area (Å²) in [5.41, 5.74) is -0.497. The van der Waals surface area contributed by atoms with Crippen LogP contribution in [0.5, 0.6) is 0 Å². The number of rotatable bonds is 3. The molecule has 1 aromatic heterocycles. The Hall–Kier alpha value is -2.54. The Balaban J connectivity index is 2.02. The lowest BCUT2D eigenvalue weighted by Gasteiger charge is -2.10. The van der Waals surface area contributed by atoms with Crippen LogP contribution in [0.4, 0.5) is 13.2 Å². The molecule has 0 fully saturated rings. The SMILES string of the molecule is O=c1[nH]nc(Cc2ccc(Cl)cc2)n1-c1cccc(C(F)(F)F)c1. The van der Waals surface area contributed by atoms with Gasteiger partial charge in [0.05, 0.1) is 11.3 Å². The number of aromatic nitrogens is 3. The first-order valence-electron chi connectivity index (χ1n) is 6.93. The molecular formula is C16H11ClF3N3O. The minimum atomic E-state index is -4.49. The number of H-pyrrole nitrogens is 1. The van der Waals surface area contributed by atoms with Gasteiger partial charge in [0.1, 0.15) is 5.82 Å². The molecule has 0 atom stereocenters. The van der Waals surface area contributed by atoms with E-state index in [1.807, 2.05) is 0 Å². The zero-order chi connectivity index (χ0) is 17.3. The van der Waals surface area contributed by atoms with Crippen LogP contribution in [0.3, 0.4) is 0 Å². The second-order valence-corrected chi connectivity index (χ2v) is 5.57. The Labute approximate surface area is 139 Å². The largest absolute Gasteiger partial charge is 0.416 e. The molecule has 0 aliphatic heterocycles. The van der Waals surface area contributed by atoms with Crippen molar-refractivity contribution in [3.8, 4) is 5.69 Å². The maximum absolute atomic E-state index is 12.9. The Bertz CT molecular complexity index is 913. The molecule has 4 nitrogen and oxygen atoms in total. The second-order valence-electron chi connectivity index (χ2n) is 5.13. The lowest BCUT2D eigenvalue weighted by molar-refractivity contribution is -0.137. The van der Waals surface area contributed by atoms with Gasteiger partial charge in [-0.1, -0.05) is 29.8 Å². The van der Waals surface area contributed by atoms with Crippen LogP contribution in [0.1, 0.15) is 17.0 Å². The molecular weight excluding hydrogens is 343 g/mol. The van der Waals surface area contributed by atoms with Crippen molar-refractivity contribution in [2.45, 2.75) is 12.6 Å². The summed E-state index contributed by atoms with van der Waals surface area (Å²) in [4.78, 5) is 12.0. The van der Waals surface area contributed by atoms with Gasteiger partial charge in [0.15, 0.2) is 0 Å². The van der Waals surface area contributed by atoms with E-state index in [-0.39, 0.29) is 12.1 Å². The van der Waals surface area contributed by atoms with Crippen molar-refractivity contribution in [1.82, 2.24) is 14.8 Å².